The summed E-state index contributed by atoms with van der Waals surface area (Å²) in [5, 5.41) is 6.08. The van der Waals surface area contributed by atoms with Crippen LogP contribution in [0.4, 0.5) is 41.2 Å². The highest BCUT2D eigenvalue weighted by molar-refractivity contribution is 5.85. The lowest BCUT2D eigenvalue weighted by Gasteiger charge is -2.19. The van der Waals surface area contributed by atoms with E-state index in [2.05, 4.69) is 171 Å². The Kier molecular flexibility index (Phi) is 29.9. The fraction of sp³-hybridized carbons (Fsp3) is 0.477. The molecule has 0 bridgehead atoms. The summed E-state index contributed by atoms with van der Waals surface area (Å²) in [5.41, 5.74) is 37.0. The number of aromatic nitrogens is 16. The number of nitrogens with zero attached hydrogens (tertiary/aromatic N) is 18. The molecule has 0 spiro atoms. The summed E-state index contributed by atoms with van der Waals surface area (Å²) in [7, 11) is 3.16. The Morgan fingerprint density at radius 3 is 1.29 bits per heavy atom. The van der Waals surface area contributed by atoms with Gasteiger partial charge in [0.2, 0.25) is 0 Å². The number of likely N-dealkylation sites (tertiary alicyclic amines) is 3. The van der Waals surface area contributed by atoms with Gasteiger partial charge < -0.3 is 80.8 Å². The van der Waals surface area contributed by atoms with Crippen LogP contribution < -0.4 is 62.9 Å². The number of H-pyrrole nitrogens is 1. The number of fused-ring (bicyclic) bond motifs is 4. The number of aryl methyl sites for hydroxylation is 2. The van der Waals surface area contributed by atoms with E-state index in [4.69, 9.17) is 56.1 Å². The lowest BCUT2D eigenvalue weighted by molar-refractivity contribution is -0.154. The summed E-state index contributed by atoms with van der Waals surface area (Å²) in [6.45, 7) is 26.5. The molecular formula is C86H112F3N25O9. The Bertz CT molecular complexity index is 5610. The predicted octanol–water partition coefficient (Wildman–Crippen LogP) is 10.5. The number of rotatable bonds is 32. The van der Waals surface area contributed by atoms with E-state index >= 15 is 0 Å². The van der Waals surface area contributed by atoms with Crippen LogP contribution in [0.25, 0.3) is 44.7 Å². The molecule has 0 radical (unpaired) electrons. The number of aromatic amines is 1. The van der Waals surface area contributed by atoms with Gasteiger partial charge in [0.05, 0.1) is 46.0 Å². The topological polar surface area (TPSA) is 414 Å². The molecule has 1 aliphatic carbocycles. The number of imidazole rings is 4. The van der Waals surface area contributed by atoms with Gasteiger partial charge in [0.15, 0.2) is 69.0 Å². The highest BCUT2D eigenvalue weighted by Crippen LogP contribution is 2.33. The van der Waals surface area contributed by atoms with Crippen LogP contribution in [-0.4, -0.2) is 211 Å². The van der Waals surface area contributed by atoms with Crippen molar-refractivity contribution in [2.45, 2.75) is 151 Å². The Labute approximate surface area is 711 Å². The van der Waals surface area contributed by atoms with Crippen LogP contribution in [-0.2, 0) is 61.8 Å². The number of carbonyl (C=O) groups excluding carboxylic acids is 1. The average Bonchev–Trinajstić information content (AvgIpc) is 1.65. The van der Waals surface area contributed by atoms with Gasteiger partial charge in [-0.05, 0) is 167 Å². The summed E-state index contributed by atoms with van der Waals surface area (Å²) in [6.07, 6.45) is 4.95. The van der Waals surface area contributed by atoms with Gasteiger partial charge >= 0.3 is 48.0 Å². The minimum atomic E-state index is -4.49. The molecule has 1 saturated carbocycles. The number of ether oxygens (including phenoxy) is 7. The second-order valence-corrected chi connectivity index (χ2v) is 32.4. The number of halogens is 3. The smallest absolute Gasteiger partial charge is 0.422 e. The van der Waals surface area contributed by atoms with Gasteiger partial charge in [-0.3, -0.25) is 23.8 Å². The van der Waals surface area contributed by atoms with Gasteiger partial charge in [0, 0.05) is 53.5 Å². The molecule has 4 fully saturated rings. The number of alkyl halides is 3. The number of nitrogens with one attached hydrogen (secondary N) is 3. The second kappa shape index (κ2) is 41.3. The summed E-state index contributed by atoms with van der Waals surface area (Å²) < 4.78 is 81.6. The maximum atomic E-state index is 12.5. The molecule has 8 aromatic heterocycles. The van der Waals surface area contributed by atoms with Crippen molar-refractivity contribution in [3.8, 4) is 30.1 Å². The fourth-order valence-electron chi connectivity index (χ4n) is 14.8. The van der Waals surface area contributed by atoms with Gasteiger partial charge in [-0.1, -0.05) is 118 Å². The van der Waals surface area contributed by atoms with Gasteiger partial charge in [0.1, 0.15) is 30.4 Å². The van der Waals surface area contributed by atoms with E-state index in [0.29, 0.717) is 122 Å². The van der Waals surface area contributed by atoms with Crippen LogP contribution in [0, 0.1) is 25.2 Å². The Morgan fingerprint density at radius 1 is 0.480 bits per heavy atom. The zero-order chi connectivity index (χ0) is 86.7. The maximum Gasteiger partial charge on any atom is 0.422 e. The number of carbonyl (C=O) groups is 1. The molecule has 123 heavy (non-hydrogen) atoms. The third kappa shape index (κ3) is 24.9. The van der Waals surface area contributed by atoms with Crippen LogP contribution in [0.2, 0.25) is 0 Å². The number of amides is 1. The summed E-state index contributed by atoms with van der Waals surface area (Å²) >= 11 is 0. The number of benzene rings is 4. The van der Waals surface area contributed by atoms with Crippen molar-refractivity contribution in [2.24, 2.45) is 11.3 Å². The molecule has 4 aromatic carbocycles. The van der Waals surface area contributed by atoms with Crippen LogP contribution in [0.5, 0.6) is 30.1 Å². The van der Waals surface area contributed by atoms with Crippen molar-refractivity contribution in [3.05, 3.63) is 164 Å². The Balaban J connectivity index is 0.000000141. The van der Waals surface area contributed by atoms with Gasteiger partial charge in [-0.25, -0.2) is 19.6 Å². The van der Waals surface area contributed by atoms with E-state index in [1.807, 2.05) is 54.8 Å². The standard InChI is InChI=1S/C23H31N7O4.C22H28N6O.C21H30N6O3.C20H23F3N6O/c1-3-25-23(31)34-22-26-18-19(24)27-21(33-12-11-32-2)28-20(18)30(22)15-17-8-6-7-16(13-17)14-29-9-4-5-10-29;1-15-24-19-20(23)25-22(29-14-16-7-8-16)26-21(19)28(15)13-18-6-4-5-17(11-18)12-27-9-2-3-10-27;1-21(2,3)13-23-11-14-6-5-7-15(10-14)12-27-18-16(24-20(27)28)17(22)25-19(26-18)30-9-8-29-4;1-13-25-16-17(24)26-19(30-12-20(21,22)23)27-18(16)29(13)11-15-6-4-5-14(9-15)10-28-7-2-3-8-28/h6-8,13H,3-5,9-12,14-15H2,1-2H3,(H,25,31)(H2,24,27,28);4-6,11,16H,2-3,7-10,12-14H2,1H3,(H2,23,25,26);5-7,10,23H,8-9,11-13H2,1-4H3,(H,24,28)(H2,22,25,26);4-6,9H,2-3,7-8,10-12H2,1H3,(H2,24,26,27). The minimum Gasteiger partial charge on any atom is -0.463 e. The Hall–Kier alpha value is -11.9. The number of nitrogens with two attached hydrogens (primary N) is 4. The normalized spacial score (nSPS) is 14.5. The molecule has 0 unspecified atom stereocenters. The number of nitrogen functional groups attached to an aromatic ring is 4. The van der Waals surface area contributed by atoms with Gasteiger partial charge in [-0.15, -0.1) is 0 Å². The van der Waals surface area contributed by atoms with Crippen LogP contribution in [0.15, 0.2) is 102 Å². The molecule has 16 rings (SSSR count). The van der Waals surface area contributed by atoms with Gasteiger partial charge in [-0.2, -0.15) is 58.0 Å². The summed E-state index contributed by atoms with van der Waals surface area (Å²) in [4.78, 5) is 82.3. The summed E-state index contributed by atoms with van der Waals surface area (Å²) in [6, 6.07) is 33.8. The number of anilines is 4. The molecule has 12 aromatic rings. The number of hydrogen-bond acceptors (Lipinski definition) is 28. The predicted molar refractivity (Wildman–Crippen MR) is 462 cm³/mol. The van der Waals surface area contributed by atoms with E-state index in [-0.39, 0.29) is 53.2 Å². The second-order valence-electron chi connectivity index (χ2n) is 32.4. The van der Waals surface area contributed by atoms with Crippen LogP contribution in [0.1, 0.15) is 135 Å². The fourth-order valence-corrected chi connectivity index (χ4v) is 14.8. The zero-order valence-corrected chi connectivity index (χ0v) is 71.2. The Morgan fingerprint density at radius 2 is 0.862 bits per heavy atom. The molecular weight excluding hydrogens is 1580 g/mol. The van der Waals surface area contributed by atoms with E-state index in [9.17, 15) is 22.8 Å². The molecule has 4 aliphatic rings. The lowest BCUT2D eigenvalue weighted by atomic mass is 9.97. The molecule has 3 saturated heterocycles. The van der Waals surface area contributed by atoms with E-state index in [1.54, 1.807) is 25.7 Å². The molecule has 11 N–H and O–H groups in total. The van der Waals surface area contributed by atoms with Crippen molar-refractivity contribution < 1.29 is 51.1 Å². The molecule has 11 heterocycles. The number of hydrogen-bond donors (Lipinski definition) is 7. The van der Waals surface area contributed by atoms with E-state index in [1.165, 1.54) is 91.3 Å². The molecule has 37 heteroatoms. The quantitative estimate of drug-likeness (QED) is 0.0193. The van der Waals surface area contributed by atoms with Crippen molar-refractivity contribution in [2.75, 3.05) is 129 Å². The van der Waals surface area contributed by atoms with Gasteiger partial charge in [0.25, 0.3) is 0 Å². The first-order valence-corrected chi connectivity index (χ1v) is 41.8. The van der Waals surface area contributed by atoms with E-state index in [0.717, 1.165) is 92.6 Å². The summed E-state index contributed by atoms with van der Waals surface area (Å²) in [5.74, 6) is 2.84. The third-order valence-corrected chi connectivity index (χ3v) is 21.0. The maximum absolute atomic E-state index is 12.5. The third-order valence-electron chi connectivity index (χ3n) is 21.0. The minimum absolute atomic E-state index is 0.0122. The first kappa shape index (κ1) is 88.9. The van der Waals surface area contributed by atoms with E-state index < -0.39 is 24.9 Å². The molecule has 3 aliphatic heterocycles. The lowest BCUT2D eigenvalue weighted by Crippen LogP contribution is -2.27. The highest BCUT2D eigenvalue weighted by Gasteiger charge is 2.31. The molecule has 34 nitrogen and oxygen atoms in total. The highest BCUT2D eigenvalue weighted by atomic mass is 19.4. The monoisotopic (exact) mass is 1700 g/mol. The first-order valence-electron chi connectivity index (χ1n) is 41.8. The van der Waals surface area contributed by atoms with Crippen molar-refractivity contribution in [3.63, 3.8) is 0 Å². The largest absolute Gasteiger partial charge is 0.463 e. The van der Waals surface area contributed by atoms with Crippen LogP contribution >= 0.6 is 0 Å². The van der Waals surface area contributed by atoms with Crippen molar-refractivity contribution in [1.29, 1.82) is 0 Å². The SMILES string of the molecule is CCNC(=O)Oc1nc2c(N)nc(OCCOC)nc2n1Cc1cccc(CN2CCCC2)c1.COCCOc1nc(N)c2[nH]c(=O)n(Cc3cccc(CNCC(C)(C)C)c3)c2n1.Cc1nc2c(N)nc(OCC(F)(F)F)nc2n1Cc1cccc(CN2CCCC2)c1.Cc1nc2c(N)nc(OCC3CC3)nc2n1Cc1cccc(CN2CCCC2)c1. The number of methoxy groups -OCH3 is 2. The zero-order valence-electron chi connectivity index (χ0n) is 71.2. The first-order chi connectivity index (χ1) is 59.3. The molecule has 0 atom stereocenters. The average molecular weight is 1700 g/mol. The van der Waals surface area contributed by atoms with Crippen LogP contribution in [0.3, 0.4) is 0 Å². The van der Waals surface area contributed by atoms with Crippen molar-refractivity contribution in [1.82, 2.24) is 103 Å². The molecule has 656 valence electrons. The van der Waals surface area contributed by atoms with Crippen molar-refractivity contribution >= 4 is 74.0 Å². The molecule has 1 amide bonds.